The molecule has 0 fully saturated rings. The fourth-order valence-corrected chi connectivity index (χ4v) is 5.28. The Morgan fingerprint density at radius 1 is 1.00 bits per heavy atom. The highest BCUT2D eigenvalue weighted by atomic mass is 16.5. The molecule has 0 aliphatic carbocycles. The predicted molar refractivity (Wildman–Crippen MR) is 130 cm³/mol. The maximum Gasteiger partial charge on any atom is 0.228 e. The third kappa shape index (κ3) is 2.74. The molecule has 4 heteroatoms. The van der Waals surface area contributed by atoms with Crippen molar-refractivity contribution in [3.8, 4) is 5.75 Å². The summed E-state index contributed by atoms with van der Waals surface area (Å²) in [6, 6.07) is 19.4. The van der Waals surface area contributed by atoms with Gasteiger partial charge in [-0.05, 0) is 50.0 Å². The Morgan fingerprint density at radius 2 is 1.71 bits per heavy atom. The van der Waals surface area contributed by atoms with Gasteiger partial charge in [0.15, 0.2) is 5.75 Å². The molecule has 2 aliphatic heterocycles. The molecule has 0 bridgehead atoms. The van der Waals surface area contributed by atoms with E-state index in [-0.39, 0.29) is 5.41 Å². The van der Waals surface area contributed by atoms with Crippen molar-refractivity contribution in [1.29, 1.82) is 0 Å². The smallest absolute Gasteiger partial charge is 0.228 e. The summed E-state index contributed by atoms with van der Waals surface area (Å²) in [4.78, 5) is 9.78. The molecule has 4 nitrogen and oxygen atoms in total. The summed E-state index contributed by atoms with van der Waals surface area (Å²) in [5.41, 5.74) is 3.73. The summed E-state index contributed by atoms with van der Waals surface area (Å²) < 4.78 is 7.07. The first-order valence-electron chi connectivity index (χ1n) is 11.3. The molecule has 0 N–H and O–H groups in total. The molecule has 1 spiro atoms. The Labute approximate surface area is 185 Å². The van der Waals surface area contributed by atoms with Crippen LogP contribution in [-0.4, -0.2) is 37.0 Å². The highest BCUT2D eigenvalue weighted by Crippen LogP contribution is 2.55. The predicted octanol–water partition coefficient (Wildman–Crippen LogP) is 5.90. The van der Waals surface area contributed by atoms with Crippen LogP contribution in [0.25, 0.3) is 10.8 Å². The molecule has 0 amide bonds. The fourth-order valence-electron chi connectivity index (χ4n) is 5.28. The molecular weight excluding hydrogens is 382 g/mol. The van der Waals surface area contributed by atoms with Gasteiger partial charge in [-0.3, -0.25) is 9.89 Å². The van der Waals surface area contributed by atoms with Crippen LogP contribution >= 0.6 is 0 Å². The molecule has 1 atom stereocenters. The first-order valence-corrected chi connectivity index (χ1v) is 11.3. The Bertz CT molecular complexity index is 1180. The van der Waals surface area contributed by atoms with Crippen molar-refractivity contribution in [3.05, 3.63) is 65.7 Å². The average molecular weight is 414 g/mol. The number of benzene rings is 3. The second-order valence-corrected chi connectivity index (χ2v) is 9.15. The maximum absolute atomic E-state index is 7.07. The van der Waals surface area contributed by atoms with Gasteiger partial charge in [0, 0.05) is 30.2 Å². The number of likely N-dealkylation sites (N-methyl/N-ethyl adjacent to an activating group) is 1. The lowest BCUT2D eigenvalue weighted by Gasteiger charge is -2.45. The number of nitrogens with zero attached hydrogens (tertiary/aromatic N) is 3. The zero-order valence-electron chi connectivity index (χ0n) is 19.1. The molecule has 0 saturated carbocycles. The van der Waals surface area contributed by atoms with Gasteiger partial charge in [-0.25, -0.2) is 0 Å². The summed E-state index contributed by atoms with van der Waals surface area (Å²) in [6.45, 7) is 11.8. The van der Waals surface area contributed by atoms with E-state index >= 15 is 0 Å². The van der Waals surface area contributed by atoms with Crippen LogP contribution in [0.4, 0.5) is 11.4 Å². The van der Waals surface area contributed by atoms with Crippen molar-refractivity contribution in [2.75, 3.05) is 25.0 Å². The highest BCUT2D eigenvalue weighted by Gasteiger charge is 2.58. The third-order valence-corrected chi connectivity index (χ3v) is 7.30. The van der Waals surface area contributed by atoms with E-state index in [4.69, 9.17) is 9.73 Å². The second kappa shape index (κ2) is 7.10. The van der Waals surface area contributed by atoms with Crippen LogP contribution < -0.4 is 9.64 Å². The van der Waals surface area contributed by atoms with Gasteiger partial charge in [0.25, 0.3) is 0 Å². The van der Waals surface area contributed by atoms with Crippen LogP contribution in [0.15, 0.2) is 59.6 Å². The topological polar surface area (TPSA) is 28.1 Å². The number of para-hydroxylation sites is 1. The number of hydrogen-bond donors (Lipinski definition) is 0. The van der Waals surface area contributed by atoms with Gasteiger partial charge >= 0.3 is 0 Å². The van der Waals surface area contributed by atoms with Crippen LogP contribution in [0, 0.1) is 0 Å². The normalized spacial score (nSPS) is 20.9. The van der Waals surface area contributed by atoms with Crippen LogP contribution in [0.2, 0.25) is 0 Å². The number of fused-ring (bicyclic) bond motifs is 4. The summed E-state index contributed by atoms with van der Waals surface area (Å²) in [6.07, 6.45) is 2.03. The lowest BCUT2D eigenvalue weighted by Crippen LogP contribution is -2.61. The largest absolute Gasteiger partial charge is 0.459 e. The molecule has 3 aromatic rings. The van der Waals surface area contributed by atoms with Crippen molar-refractivity contribution >= 4 is 28.4 Å². The third-order valence-electron chi connectivity index (χ3n) is 7.30. The van der Waals surface area contributed by atoms with Crippen LogP contribution in [-0.2, 0) is 12.0 Å². The van der Waals surface area contributed by atoms with Crippen LogP contribution in [0.5, 0.6) is 5.75 Å². The van der Waals surface area contributed by atoms with Crippen LogP contribution in [0.1, 0.15) is 38.8 Å². The summed E-state index contributed by atoms with van der Waals surface area (Å²) >= 11 is 0. The average Bonchev–Trinajstić information content (AvgIpc) is 2.96. The van der Waals surface area contributed by atoms with E-state index in [1.165, 1.54) is 22.2 Å². The van der Waals surface area contributed by atoms with Gasteiger partial charge in [0.2, 0.25) is 5.72 Å². The minimum Gasteiger partial charge on any atom is -0.459 e. The highest BCUT2D eigenvalue weighted by molar-refractivity contribution is 6.00. The van der Waals surface area contributed by atoms with E-state index in [0.717, 1.165) is 36.5 Å². The molecule has 0 aromatic heterocycles. The number of ether oxygens (including phenoxy) is 1. The lowest BCUT2D eigenvalue weighted by atomic mass is 9.77. The van der Waals surface area contributed by atoms with E-state index in [0.29, 0.717) is 0 Å². The Kier molecular flexibility index (Phi) is 4.60. The molecule has 1 unspecified atom stereocenters. The fraction of sp³-hybridized carbons (Fsp3) is 0.370. The van der Waals surface area contributed by atoms with Gasteiger partial charge in [-0.2, -0.15) is 0 Å². The zero-order valence-corrected chi connectivity index (χ0v) is 19.1. The molecule has 31 heavy (non-hydrogen) atoms. The lowest BCUT2D eigenvalue weighted by molar-refractivity contribution is 0.0804. The monoisotopic (exact) mass is 413 g/mol. The first-order chi connectivity index (χ1) is 14.9. The van der Waals surface area contributed by atoms with Crippen molar-refractivity contribution in [2.24, 2.45) is 4.99 Å². The quantitative estimate of drug-likeness (QED) is 0.533. The van der Waals surface area contributed by atoms with Crippen LogP contribution in [0.3, 0.4) is 0 Å². The molecule has 0 radical (unpaired) electrons. The molecule has 5 rings (SSSR count). The summed E-state index contributed by atoms with van der Waals surface area (Å²) in [7, 11) is 2.12. The Hall–Kier alpha value is -2.85. The number of rotatable bonds is 4. The summed E-state index contributed by atoms with van der Waals surface area (Å²) in [5, 5.41) is 2.35. The SMILES string of the molecule is CCN(CC)Cc1cc2ccccc2c2c1OC1(C=N2)N(C)c2ccccc2C1(C)C. The van der Waals surface area contributed by atoms with Gasteiger partial charge in [0.1, 0.15) is 5.69 Å². The molecule has 3 aromatic carbocycles. The van der Waals surface area contributed by atoms with Crippen molar-refractivity contribution in [1.82, 2.24) is 4.90 Å². The first kappa shape index (κ1) is 20.1. The minimum absolute atomic E-state index is 0.252. The molecule has 160 valence electrons. The zero-order chi connectivity index (χ0) is 21.8. The van der Waals surface area contributed by atoms with E-state index in [2.05, 4.69) is 99.1 Å². The number of hydrogen-bond acceptors (Lipinski definition) is 4. The van der Waals surface area contributed by atoms with Gasteiger partial charge in [0.05, 0.1) is 11.6 Å². The van der Waals surface area contributed by atoms with Gasteiger partial charge in [-0.15, -0.1) is 0 Å². The molecule has 0 saturated heterocycles. The Morgan fingerprint density at radius 3 is 2.45 bits per heavy atom. The maximum atomic E-state index is 7.07. The van der Waals surface area contributed by atoms with E-state index < -0.39 is 5.72 Å². The second-order valence-electron chi connectivity index (χ2n) is 9.15. The van der Waals surface area contributed by atoms with Gasteiger partial charge in [-0.1, -0.05) is 56.3 Å². The van der Waals surface area contributed by atoms with E-state index in [1.54, 1.807) is 0 Å². The molecule has 2 heterocycles. The number of anilines is 1. The summed E-state index contributed by atoms with van der Waals surface area (Å²) in [5.74, 6) is 0.917. The Balaban J connectivity index is 1.71. The van der Waals surface area contributed by atoms with Gasteiger partial charge < -0.3 is 9.64 Å². The standard InChI is InChI=1S/C27H31N3O/c1-6-30(7-2)17-20-16-19-12-8-9-13-21(19)24-25(20)31-27(18-28-24)26(3,4)22-14-10-11-15-23(22)29(27)5/h8-16,18H,6-7,17H2,1-5H3. The van der Waals surface area contributed by atoms with Crippen molar-refractivity contribution in [3.63, 3.8) is 0 Å². The van der Waals surface area contributed by atoms with Crippen molar-refractivity contribution < 1.29 is 4.74 Å². The number of aliphatic imine (C=N–C) groups is 1. The van der Waals surface area contributed by atoms with E-state index in [1.807, 2.05) is 6.21 Å². The molecular formula is C27H31N3O. The molecule has 2 aliphatic rings. The van der Waals surface area contributed by atoms with E-state index in [9.17, 15) is 0 Å². The van der Waals surface area contributed by atoms with Crippen molar-refractivity contribution in [2.45, 2.75) is 45.4 Å². The minimum atomic E-state index is -0.663.